The van der Waals surface area contributed by atoms with E-state index in [9.17, 15) is 4.79 Å². The third-order valence-corrected chi connectivity index (χ3v) is 4.74. The number of H-pyrrole nitrogens is 1. The van der Waals surface area contributed by atoms with Gasteiger partial charge in [-0.3, -0.25) is 10.1 Å². The van der Waals surface area contributed by atoms with Gasteiger partial charge in [0.15, 0.2) is 5.13 Å². The summed E-state index contributed by atoms with van der Waals surface area (Å²) < 4.78 is 0. The first kappa shape index (κ1) is 14.9. The maximum Gasteiger partial charge on any atom is 0.273 e. The Bertz CT molecular complexity index is 1000. The van der Waals surface area contributed by atoms with Crippen LogP contribution in [0.5, 0.6) is 0 Å². The fraction of sp³-hybridized carbons (Fsp3) is 0. The van der Waals surface area contributed by atoms with E-state index < -0.39 is 0 Å². The second kappa shape index (κ2) is 6.11. The van der Waals surface area contributed by atoms with Gasteiger partial charge in [-0.2, -0.15) is 0 Å². The van der Waals surface area contributed by atoms with Crippen molar-refractivity contribution in [3.05, 3.63) is 70.7 Å². The average Bonchev–Trinajstić information content (AvgIpc) is 3.22. The summed E-state index contributed by atoms with van der Waals surface area (Å²) in [6.07, 6.45) is 0. The molecule has 0 bridgehead atoms. The van der Waals surface area contributed by atoms with Gasteiger partial charge in [0.2, 0.25) is 0 Å². The maximum atomic E-state index is 12.4. The van der Waals surface area contributed by atoms with E-state index in [0.717, 1.165) is 22.2 Å². The Labute approximate surface area is 147 Å². The largest absolute Gasteiger partial charge is 0.351 e. The molecule has 6 heteroatoms. The van der Waals surface area contributed by atoms with Crippen LogP contribution >= 0.6 is 22.9 Å². The number of aromatic amines is 1. The van der Waals surface area contributed by atoms with Crippen molar-refractivity contribution in [1.29, 1.82) is 0 Å². The number of carbonyl (C=O) groups is 1. The Kier molecular flexibility index (Phi) is 3.80. The van der Waals surface area contributed by atoms with Crippen LogP contribution in [-0.4, -0.2) is 15.9 Å². The molecule has 118 valence electrons. The smallest absolute Gasteiger partial charge is 0.273 e. The molecule has 1 amide bonds. The topological polar surface area (TPSA) is 57.8 Å². The van der Waals surface area contributed by atoms with Gasteiger partial charge >= 0.3 is 0 Å². The predicted octanol–water partition coefficient (Wildman–Crippen LogP) is 5.20. The number of hydrogen-bond donors (Lipinski definition) is 2. The SMILES string of the molecule is O=C(Nc1nc(-c2ccccc2Cl)cs1)c1cc2ccccc2[nH]1. The van der Waals surface area contributed by atoms with Gasteiger partial charge in [0.25, 0.3) is 5.91 Å². The number of nitrogens with one attached hydrogen (secondary N) is 2. The molecule has 0 unspecified atom stereocenters. The van der Waals surface area contributed by atoms with Crippen LogP contribution in [0, 0.1) is 0 Å². The molecule has 0 saturated heterocycles. The van der Waals surface area contributed by atoms with E-state index in [1.54, 1.807) is 0 Å². The van der Waals surface area contributed by atoms with Crippen molar-refractivity contribution in [3.63, 3.8) is 0 Å². The van der Waals surface area contributed by atoms with E-state index in [-0.39, 0.29) is 5.91 Å². The highest BCUT2D eigenvalue weighted by Gasteiger charge is 2.13. The Morgan fingerprint density at radius 1 is 1.12 bits per heavy atom. The Morgan fingerprint density at radius 3 is 2.75 bits per heavy atom. The molecular formula is C18H12ClN3OS. The molecule has 4 aromatic rings. The molecule has 0 saturated carbocycles. The van der Waals surface area contributed by atoms with Gasteiger partial charge in [-0.05, 0) is 18.2 Å². The zero-order chi connectivity index (χ0) is 16.5. The second-order valence-electron chi connectivity index (χ2n) is 5.24. The van der Waals surface area contributed by atoms with Gasteiger partial charge in [0.1, 0.15) is 5.69 Å². The summed E-state index contributed by atoms with van der Waals surface area (Å²) in [5.74, 6) is -0.216. The van der Waals surface area contributed by atoms with E-state index in [0.29, 0.717) is 15.8 Å². The number of fused-ring (bicyclic) bond motifs is 1. The van der Waals surface area contributed by atoms with Crippen LogP contribution in [0.1, 0.15) is 10.5 Å². The van der Waals surface area contributed by atoms with E-state index in [1.807, 2.05) is 60.0 Å². The Hall–Kier alpha value is -2.63. The van der Waals surface area contributed by atoms with Crippen LogP contribution in [0.15, 0.2) is 60.0 Å². The molecule has 0 aliphatic rings. The molecule has 0 aliphatic heterocycles. The van der Waals surface area contributed by atoms with Crippen molar-refractivity contribution in [1.82, 2.24) is 9.97 Å². The summed E-state index contributed by atoms with van der Waals surface area (Å²) in [4.78, 5) is 20.0. The normalized spacial score (nSPS) is 10.9. The summed E-state index contributed by atoms with van der Waals surface area (Å²) in [5.41, 5.74) is 3.03. The number of benzene rings is 2. The number of aromatic nitrogens is 2. The molecule has 4 rings (SSSR count). The molecule has 2 heterocycles. The van der Waals surface area contributed by atoms with E-state index in [1.165, 1.54) is 11.3 Å². The summed E-state index contributed by atoms with van der Waals surface area (Å²) in [5, 5.41) is 6.87. The molecule has 2 aromatic carbocycles. The van der Waals surface area contributed by atoms with Gasteiger partial charge in [-0.25, -0.2) is 4.98 Å². The molecule has 0 atom stereocenters. The highest BCUT2D eigenvalue weighted by atomic mass is 35.5. The maximum absolute atomic E-state index is 12.4. The first-order valence-corrected chi connectivity index (χ1v) is 8.56. The minimum atomic E-state index is -0.216. The first-order valence-electron chi connectivity index (χ1n) is 7.30. The number of halogens is 1. The molecule has 0 spiro atoms. The van der Waals surface area contributed by atoms with Crippen LogP contribution in [0.2, 0.25) is 5.02 Å². The quantitative estimate of drug-likeness (QED) is 0.532. The fourth-order valence-electron chi connectivity index (χ4n) is 2.48. The number of anilines is 1. The van der Waals surface area contributed by atoms with Crippen LogP contribution in [0.25, 0.3) is 22.2 Å². The lowest BCUT2D eigenvalue weighted by atomic mass is 10.2. The zero-order valence-corrected chi connectivity index (χ0v) is 14.0. The van der Waals surface area contributed by atoms with E-state index in [2.05, 4.69) is 15.3 Å². The minimum absolute atomic E-state index is 0.216. The van der Waals surface area contributed by atoms with E-state index >= 15 is 0 Å². The van der Waals surface area contributed by atoms with Crippen LogP contribution in [0.4, 0.5) is 5.13 Å². The van der Waals surface area contributed by atoms with Crippen LogP contribution < -0.4 is 5.32 Å². The molecule has 2 aromatic heterocycles. The third-order valence-electron chi connectivity index (χ3n) is 3.65. The number of hydrogen-bond acceptors (Lipinski definition) is 3. The highest BCUT2D eigenvalue weighted by Crippen LogP contribution is 2.30. The first-order chi connectivity index (χ1) is 11.7. The number of rotatable bonds is 3. The summed E-state index contributed by atoms with van der Waals surface area (Å²) >= 11 is 7.55. The minimum Gasteiger partial charge on any atom is -0.351 e. The second-order valence-corrected chi connectivity index (χ2v) is 6.51. The zero-order valence-electron chi connectivity index (χ0n) is 12.4. The lowest BCUT2D eigenvalue weighted by Crippen LogP contribution is -2.11. The van der Waals surface area contributed by atoms with Crippen molar-refractivity contribution in [2.45, 2.75) is 0 Å². The number of amides is 1. The van der Waals surface area contributed by atoms with Crippen molar-refractivity contribution in [2.24, 2.45) is 0 Å². The molecule has 0 aliphatic carbocycles. The fourth-order valence-corrected chi connectivity index (χ4v) is 3.42. The summed E-state index contributed by atoms with van der Waals surface area (Å²) in [6.45, 7) is 0. The van der Waals surface area contributed by atoms with Crippen molar-refractivity contribution < 1.29 is 4.79 Å². The van der Waals surface area contributed by atoms with Gasteiger partial charge < -0.3 is 4.98 Å². The Morgan fingerprint density at radius 2 is 1.92 bits per heavy atom. The molecule has 24 heavy (non-hydrogen) atoms. The van der Waals surface area contributed by atoms with Gasteiger partial charge in [0.05, 0.1) is 5.69 Å². The molecule has 2 N–H and O–H groups in total. The van der Waals surface area contributed by atoms with Crippen LogP contribution in [0.3, 0.4) is 0 Å². The monoisotopic (exact) mass is 353 g/mol. The van der Waals surface area contributed by atoms with Gasteiger partial charge in [-0.1, -0.05) is 48.0 Å². The number of carbonyl (C=O) groups excluding carboxylic acids is 1. The van der Waals surface area contributed by atoms with Gasteiger partial charge in [0, 0.05) is 26.9 Å². The molecule has 4 nitrogen and oxygen atoms in total. The number of thiazole rings is 1. The number of nitrogens with zero attached hydrogens (tertiary/aromatic N) is 1. The van der Waals surface area contributed by atoms with Gasteiger partial charge in [-0.15, -0.1) is 11.3 Å². The molecule has 0 fully saturated rings. The molecule has 0 radical (unpaired) electrons. The average molecular weight is 354 g/mol. The molecular weight excluding hydrogens is 342 g/mol. The number of para-hydroxylation sites is 1. The van der Waals surface area contributed by atoms with Crippen molar-refractivity contribution in [2.75, 3.05) is 5.32 Å². The van der Waals surface area contributed by atoms with Crippen molar-refractivity contribution >= 4 is 44.9 Å². The van der Waals surface area contributed by atoms with Crippen molar-refractivity contribution in [3.8, 4) is 11.3 Å². The lowest BCUT2D eigenvalue weighted by Gasteiger charge is -2.00. The van der Waals surface area contributed by atoms with Crippen LogP contribution in [-0.2, 0) is 0 Å². The third kappa shape index (κ3) is 2.79. The predicted molar refractivity (Wildman–Crippen MR) is 98.8 cm³/mol. The highest BCUT2D eigenvalue weighted by molar-refractivity contribution is 7.14. The summed E-state index contributed by atoms with van der Waals surface area (Å²) in [6, 6.07) is 17.1. The Balaban J connectivity index is 1.57. The van der Waals surface area contributed by atoms with E-state index in [4.69, 9.17) is 11.6 Å². The summed E-state index contributed by atoms with van der Waals surface area (Å²) in [7, 11) is 0. The lowest BCUT2D eigenvalue weighted by molar-refractivity contribution is 0.102. The standard InChI is InChI=1S/C18H12ClN3OS/c19-13-7-3-2-6-12(13)16-10-24-18(21-16)22-17(23)15-9-11-5-1-4-8-14(11)20-15/h1-10,20H,(H,21,22,23).